The third-order valence-electron chi connectivity index (χ3n) is 4.94. The Balaban J connectivity index is 1.54. The first kappa shape index (κ1) is 19.1. The molecule has 3 N–H and O–H groups in total. The minimum Gasteiger partial charge on any atom is -0.389 e. The zero-order chi connectivity index (χ0) is 19.5. The molecule has 0 bridgehead atoms. The second kappa shape index (κ2) is 8.44. The molecule has 4 atom stereocenters. The average Bonchev–Trinajstić information content (AvgIpc) is 3.08. The highest BCUT2D eigenvalue weighted by atomic mass is 32.1. The smallest absolute Gasteiger partial charge is 0.160 e. The van der Waals surface area contributed by atoms with Crippen LogP contribution in [0.4, 0.5) is 0 Å². The topological polar surface area (TPSA) is 64.7 Å². The summed E-state index contributed by atoms with van der Waals surface area (Å²) in [6, 6.07) is 18.3. The highest BCUT2D eigenvalue weighted by Gasteiger charge is 2.33. The summed E-state index contributed by atoms with van der Waals surface area (Å²) in [5.74, 6) is 6.43. The summed E-state index contributed by atoms with van der Waals surface area (Å²) < 4.78 is 12.6. The molecule has 0 spiro atoms. The van der Waals surface area contributed by atoms with Crippen LogP contribution in [0.15, 0.2) is 54.6 Å². The number of nitrogens with two attached hydrogens (primary N) is 1. The van der Waals surface area contributed by atoms with Crippen LogP contribution < -0.4 is 5.73 Å². The molecule has 0 amide bonds. The van der Waals surface area contributed by atoms with Crippen molar-refractivity contribution in [2.45, 2.75) is 37.9 Å². The molecule has 144 valence electrons. The molecule has 0 radical (unpaired) electrons. The minimum absolute atomic E-state index is 0.249. The lowest BCUT2D eigenvalue weighted by Crippen LogP contribution is -2.51. The summed E-state index contributed by atoms with van der Waals surface area (Å²) in [4.78, 5) is 1.17. The molecular weight excluding hydrogens is 370 g/mol. The maximum absolute atomic E-state index is 9.87. The second-order valence-electron chi connectivity index (χ2n) is 6.94. The number of fused-ring (bicyclic) bond motifs is 1. The van der Waals surface area contributed by atoms with Crippen molar-refractivity contribution < 1.29 is 14.6 Å². The standard InChI is InChI=1S/C23H23NO3S/c1-15-22(25)19(24)14-21(27-15)26-13-7-11-18-17-10-5-6-12-20(17)28-23(18)16-8-3-2-4-9-16/h2-6,8-10,12,15,19,21-22,25H,13-14,24H2,1H3/t15-,19-,21+,22-/m0/s1. The number of thiophene rings is 1. The molecule has 2 aromatic carbocycles. The van der Waals surface area contributed by atoms with Crippen molar-refractivity contribution in [1.82, 2.24) is 0 Å². The van der Waals surface area contributed by atoms with Gasteiger partial charge >= 0.3 is 0 Å². The molecule has 0 aliphatic carbocycles. The molecule has 0 saturated carbocycles. The summed E-state index contributed by atoms with van der Waals surface area (Å²) in [6.45, 7) is 2.05. The van der Waals surface area contributed by atoms with Crippen molar-refractivity contribution in [3.05, 3.63) is 60.2 Å². The molecule has 2 heterocycles. The van der Waals surface area contributed by atoms with E-state index in [-0.39, 0.29) is 18.8 Å². The Hall–Kier alpha value is -2.20. The Labute approximate surface area is 168 Å². The number of rotatable bonds is 3. The lowest BCUT2D eigenvalue weighted by atomic mass is 10.0. The van der Waals surface area contributed by atoms with E-state index in [0.29, 0.717) is 6.42 Å². The van der Waals surface area contributed by atoms with Crippen LogP contribution >= 0.6 is 11.3 Å². The van der Waals surface area contributed by atoms with Gasteiger partial charge in [0.05, 0.1) is 22.6 Å². The van der Waals surface area contributed by atoms with Gasteiger partial charge in [-0.1, -0.05) is 60.4 Å². The molecule has 3 aromatic rings. The normalized spacial score (nSPS) is 24.7. The third kappa shape index (κ3) is 3.97. The third-order valence-corrected chi connectivity index (χ3v) is 6.16. The highest BCUT2D eigenvalue weighted by Crippen LogP contribution is 2.37. The van der Waals surface area contributed by atoms with Crippen LogP contribution in [0.1, 0.15) is 18.9 Å². The SMILES string of the molecule is C[C@@H]1O[C@@H](OCC#Cc2c(-c3ccccc3)sc3ccccc23)C[C@H](N)[C@H]1O. The first-order valence-corrected chi connectivity index (χ1v) is 10.2. The summed E-state index contributed by atoms with van der Waals surface area (Å²) >= 11 is 1.75. The largest absolute Gasteiger partial charge is 0.389 e. The van der Waals surface area contributed by atoms with E-state index in [1.165, 1.54) is 15.1 Å². The Morgan fingerprint density at radius 3 is 2.71 bits per heavy atom. The van der Waals surface area contributed by atoms with Crippen LogP contribution in [0, 0.1) is 11.8 Å². The molecule has 1 fully saturated rings. The van der Waals surface area contributed by atoms with Crippen molar-refractivity contribution in [3.63, 3.8) is 0 Å². The van der Waals surface area contributed by atoms with Crippen LogP contribution in [0.25, 0.3) is 20.5 Å². The summed E-state index contributed by atoms with van der Waals surface area (Å²) in [5.41, 5.74) is 8.14. The van der Waals surface area contributed by atoms with Gasteiger partial charge in [-0.15, -0.1) is 11.3 Å². The van der Waals surface area contributed by atoms with E-state index >= 15 is 0 Å². The van der Waals surface area contributed by atoms with Gasteiger partial charge < -0.3 is 20.3 Å². The van der Waals surface area contributed by atoms with Crippen LogP contribution in [0.2, 0.25) is 0 Å². The summed E-state index contributed by atoms with van der Waals surface area (Å²) in [5, 5.41) is 11.0. The van der Waals surface area contributed by atoms with Gasteiger partial charge in [0.2, 0.25) is 0 Å². The van der Waals surface area contributed by atoms with E-state index in [2.05, 4.69) is 36.1 Å². The number of aliphatic hydroxyl groups is 1. The number of hydrogen-bond acceptors (Lipinski definition) is 5. The fraction of sp³-hybridized carbons (Fsp3) is 0.304. The Morgan fingerprint density at radius 2 is 1.93 bits per heavy atom. The number of hydrogen-bond donors (Lipinski definition) is 2. The van der Waals surface area contributed by atoms with Crippen molar-refractivity contribution >= 4 is 21.4 Å². The molecule has 1 aliphatic heterocycles. The monoisotopic (exact) mass is 393 g/mol. The van der Waals surface area contributed by atoms with Gasteiger partial charge in [-0.25, -0.2) is 0 Å². The van der Waals surface area contributed by atoms with Crippen LogP contribution in [0.5, 0.6) is 0 Å². The van der Waals surface area contributed by atoms with E-state index in [1.54, 1.807) is 18.3 Å². The van der Waals surface area contributed by atoms with Crippen LogP contribution in [0.3, 0.4) is 0 Å². The van der Waals surface area contributed by atoms with Gasteiger partial charge in [0.15, 0.2) is 6.29 Å². The summed E-state index contributed by atoms with van der Waals surface area (Å²) in [6.07, 6.45) is -0.969. The van der Waals surface area contributed by atoms with Gasteiger partial charge in [-0.2, -0.15) is 0 Å². The number of benzene rings is 2. The van der Waals surface area contributed by atoms with Gasteiger partial charge in [-0.3, -0.25) is 0 Å². The lowest BCUT2D eigenvalue weighted by molar-refractivity contribution is -0.217. The second-order valence-corrected chi connectivity index (χ2v) is 7.99. The summed E-state index contributed by atoms with van der Waals surface area (Å²) in [7, 11) is 0. The fourth-order valence-electron chi connectivity index (χ4n) is 3.41. The Kier molecular flexibility index (Phi) is 5.77. The first-order valence-electron chi connectivity index (χ1n) is 9.40. The van der Waals surface area contributed by atoms with Crippen molar-refractivity contribution in [1.29, 1.82) is 0 Å². The first-order chi connectivity index (χ1) is 13.6. The van der Waals surface area contributed by atoms with E-state index < -0.39 is 12.4 Å². The van der Waals surface area contributed by atoms with Gasteiger partial charge in [-0.05, 0) is 18.6 Å². The molecule has 4 nitrogen and oxygen atoms in total. The van der Waals surface area contributed by atoms with Crippen molar-refractivity contribution in [3.8, 4) is 22.3 Å². The fourth-order valence-corrected chi connectivity index (χ4v) is 4.58. The number of ether oxygens (including phenoxy) is 2. The lowest BCUT2D eigenvalue weighted by Gasteiger charge is -2.35. The highest BCUT2D eigenvalue weighted by molar-refractivity contribution is 7.22. The van der Waals surface area contributed by atoms with E-state index in [1.807, 2.05) is 30.3 Å². The maximum Gasteiger partial charge on any atom is 0.160 e. The molecule has 5 heteroatoms. The Bertz CT molecular complexity index is 993. The Morgan fingerprint density at radius 1 is 1.18 bits per heavy atom. The molecule has 0 unspecified atom stereocenters. The average molecular weight is 394 g/mol. The van der Waals surface area contributed by atoms with Gasteiger partial charge in [0.1, 0.15) is 6.61 Å². The number of aliphatic hydroxyl groups excluding tert-OH is 1. The predicted octanol–water partition coefficient (Wildman–Crippen LogP) is 3.76. The van der Waals surface area contributed by atoms with E-state index in [9.17, 15) is 5.11 Å². The molecule has 28 heavy (non-hydrogen) atoms. The minimum atomic E-state index is -0.656. The predicted molar refractivity (Wildman–Crippen MR) is 113 cm³/mol. The van der Waals surface area contributed by atoms with Gasteiger partial charge in [0.25, 0.3) is 0 Å². The molecule has 4 rings (SSSR count). The maximum atomic E-state index is 9.87. The van der Waals surface area contributed by atoms with E-state index in [4.69, 9.17) is 15.2 Å². The molecule has 1 aromatic heterocycles. The van der Waals surface area contributed by atoms with Crippen molar-refractivity contribution in [2.75, 3.05) is 6.61 Å². The molecular formula is C23H23NO3S. The van der Waals surface area contributed by atoms with Gasteiger partial charge in [0, 0.05) is 22.5 Å². The quantitative estimate of drug-likeness (QED) is 0.665. The van der Waals surface area contributed by atoms with Crippen LogP contribution in [-0.4, -0.2) is 36.3 Å². The van der Waals surface area contributed by atoms with Crippen molar-refractivity contribution in [2.24, 2.45) is 5.73 Å². The van der Waals surface area contributed by atoms with Crippen LogP contribution in [-0.2, 0) is 9.47 Å². The zero-order valence-corrected chi connectivity index (χ0v) is 16.5. The molecule has 1 saturated heterocycles. The van der Waals surface area contributed by atoms with E-state index in [0.717, 1.165) is 10.9 Å². The molecule has 1 aliphatic rings. The zero-order valence-electron chi connectivity index (χ0n) is 15.7.